The van der Waals surface area contributed by atoms with Gasteiger partial charge in [-0.3, -0.25) is 0 Å². The summed E-state index contributed by atoms with van der Waals surface area (Å²) in [6.07, 6.45) is -6.09. The lowest BCUT2D eigenvalue weighted by Gasteiger charge is -2.29. The first-order chi connectivity index (χ1) is 14.2. The minimum Gasteiger partial charge on any atom is -0.464 e. The normalized spacial score (nSPS) is 36.5. The van der Waals surface area contributed by atoms with Gasteiger partial charge < -0.3 is 23.7 Å². The summed E-state index contributed by atoms with van der Waals surface area (Å²) in [6, 6.07) is 9.41. The van der Waals surface area contributed by atoms with E-state index < -0.39 is 59.0 Å². The minimum atomic E-state index is -4.40. The highest BCUT2D eigenvalue weighted by Crippen LogP contribution is 2.42. The number of carbonyl (C=O) groups is 1. The lowest BCUT2D eigenvalue weighted by molar-refractivity contribution is -0.230. The van der Waals surface area contributed by atoms with E-state index in [0.29, 0.717) is 0 Å². The second kappa shape index (κ2) is 8.15. The minimum absolute atomic E-state index is 0.0522. The van der Waals surface area contributed by atoms with E-state index in [0.717, 1.165) is 5.56 Å². The quantitative estimate of drug-likeness (QED) is 0.589. The Morgan fingerprint density at radius 1 is 1.07 bits per heavy atom. The molecule has 0 amide bonds. The largest absolute Gasteiger partial charge is 0.464 e. The molecule has 3 heterocycles. The average Bonchev–Trinajstić information content (AvgIpc) is 3.27. The third kappa shape index (κ3) is 4.37. The van der Waals surface area contributed by atoms with Crippen molar-refractivity contribution < 1.29 is 45.3 Å². The van der Waals surface area contributed by atoms with Gasteiger partial charge in [0.2, 0.25) is 6.10 Å². The Bertz CT molecular complexity index is 871. The van der Waals surface area contributed by atoms with Crippen LogP contribution < -0.4 is 0 Å². The van der Waals surface area contributed by atoms with Crippen LogP contribution in [0, 0.1) is 0 Å². The topological polar surface area (TPSA) is 116 Å². The van der Waals surface area contributed by atoms with Gasteiger partial charge in [0, 0.05) is 0 Å². The van der Waals surface area contributed by atoms with E-state index in [4.69, 9.17) is 32.1 Å². The van der Waals surface area contributed by atoms with Crippen molar-refractivity contribution in [2.45, 2.75) is 70.0 Å². The summed E-state index contributed by atoms with van der Waals surface area (Å²) in [4.78, 5) is 12.3. The maximum atomic E-state index is 12.3. The first-order valence-electron chi connectivity index (χ1n) is 9.64. The van der Waals surface area contributed by atoms with Gasteiger partial charge in [0.1, 0.15) is 24.4 Å². The molecule has 0 unspecified atom stereocenters. The average molecular weight is 444 g/mol. The lowest BCUT2D eigenvalue weighted by Crippen LogP contribution is -2.48. The van der Waals surface area contributed by atoms with Crippen molar-refractivity contribution in [2.24, 2.45) is 0 Å². The van der Waals surface area contributed by atoms with Crippen LogP contribution in [-0.2, 0) is 53.9 Å². The molecule has 1 aromatic rings. The number of hydrogen-bond acceptors (Lipinski definition) is 10. The molecule has 0 saturated carbocycles. The molecule has 3 aliphatic rings. The molecule has 6 atom stereocenters. The van der Waals surface area contributed by atoms with Crippen LogP contribution in [-0.4, -0.2) is 63.6 Å². The summed E-state index contributed by atoms with van der Waals surface area (Å²) < 4.78 is 62.3. The van der Waals surface area contributed by atoms with Crippen LogP contribution in [0.2, 0.25) is 0 Å². The van der Waals surface area contributed by atoms with Crippen molar-refractivity contribution in [1.29, 1.82) is 0 Å². The maximum absolute atomic E-state index is 12.3. The molecule has 10 nitrogen and oxygen atoms in total. The molecule has 3 fully saturated rings. The molecule has 0 spiro atoms. The summed E-state index contributed by atoms with van der Waals surface area (Å²) in [5, 5.41) is 0. The van der Waals surface area contributed by atoms with Crippen LogP contribution in [0.1, 0.15) is 26.3 Å². The molecule has 0 aromatic heterocycles. The molecule has 3 saturated heterocycles. The Labute approximate surface area is 174 Å². The first-order valence-corrected chi connectivity index (χ1v) is 11.0. The first kappa shape index (κ1) is 21.6. The summed E-state index contributed by atoms with van der Waals surface area (Å²) in [6.45, 7) is 5.33. The molecule has 0 bridgehead atoms. The van der Waals surface area contributed by atoms with E-state index in [1.165, 1.54) is 0 Å². The predicted octanol–water partition coefficient (Wildman–Crippen LogP) is 1.04. The fourth-order valence-corrected chi connectivity index (χ4v) is 4.71. The van der Waals surface area contributed by atoms with Crippen molar-refractivity contribution in [3.63, 3.8) is 0 Å². The zero-order valence-electron chi connectivity index (χ0n) is 16.8. The van der Waals surface area contributed by atoms with Crippen molar-refractivity contribution in [1.82, 2.24) is 0 Å². The molecule has 166 valence electrons. The van der Waals surface area contributed by atoms with Gasteiger partial charge in [0.15, 0.2) is 12.1 Å². The highest BCUT2D eigenvalue weighted by Gasteiger charge is 2.62. The van der Waals surface area contributed by atoms with Gasteiger partial charge in [-0.05, 0) is 26.3 Å². The number of esters is 1. The highest BCUT2D eigenvalue weighted by molar-refractivity contribution is 7.82. The molecular weight excluding hydrogens is 420 g/mol. The standard InChI is InChI=1S/C19H24O10S/c1-4-23-17(20)15-14(28-30(21,22)29-15)13-12(24-10-11-8-6-5-7-9-11)16-18(25-13)27-19(2,3)26-16/h5-9,12-16,18H,4,10H2,1-3H3/t12-,13-,14+,15-,16+,18+/m0/s1. The van der Waals surface area contributed by atoms with E-state index >= 15 is 0 Å². The fourth-order valence-electron chi connectivity index (χ4n) is 3.74. The van der Waals surface area contributed by atoms with Crippen molar-refractivity contribution in [2.75, 3.05) is 6.61 Å². The van der Waals surface area contributed by atoms with E-state index in [-0.39, 0.29) is 13.2 Å². The number of rotatable bonds is 6. The Morgan fingerprint density at radius 2 is 1.80 bits per heavy atom. The van der Waals surface area contributed by atoms with Crippen molar-refractivity contribution >= 4 is 16.4 Å². The van der Waals surface area contributed by atoms with Crippen LogP contribution >= 0.6 is 0 Å². The zero-order valence-corrected chi connectivity index (χ0v) is 17.6. The Kier molecular flexibility index (Phi) is 5.88. The van der Waals surface area contributed by atoms with Gasteiger partial charge in [0.05, 0.1) is 13.2 Å². The molecule has 1 aromatic carbocycles. The summed E-state index contributed by atoms with van der Waals surface area (Å²) in [7, 11) is -4.40. The number of ether oxygens (including phenoxy) is 5. The molecule has 11 heteroatoms. The second-order valence-corrected chi connectivity index (χ2v) is 8.77. The highest BCUT2D eigenvalue weighted by atomic mass is 32.3. The Morgan fingerprint density at radius 3 is 2.50 bits per heavy atom. The van der Waals surface area contributed by atoms with E-state index in [9.17, 15) is 13.2 Å². The van der Waals surface area contributed by atoms with Gasteiger partial charge >= 0.3 is 16.4 Å². The van der Waals surface area contributed by atoms with Gasteiger partial charge in [0.25, 0.3) is 0 Å². The number of fused-ring (bicyclic) bond motifs is 1. The molecule has 0 N–H and O–H groups in total. The van der Waals surface area contributed by atoms with Crippen LogP contribution in [0.3, 0.4) is 0 Å². The molecule has 3 aliphatic heterocycles. The Balaban J connectivity index is 1.58. The summed E-state index contributed by atoms with van der Waals surface area (Å²) >= 11 is 0. The van der Waals surface area contributed by atoms with Crippen LogP contribution in [0.4, 0.5) is 0 Å². The van der Waals surface area contributed by atoms with Crippen LogP contribution in [0.15, 0.2) is 30.3 Å². The van der Waals surface area contributed by atoms with Crippen LogP contribution in [0.5, 0.6) is 0 Å². The Hall–Kier alpha value is -1.60. The van der Waals surface area contributed by atoms with Gasteiger partial charge in [-0.15, -0.1) is 0 Å². The predicted molar refractivity (Wildman–Crippen MR) is 99.0 cm³/mol. The van der Waals surface area contributed by atoms with E-state index in [1.807, 2.05) is 30.3 Å². The zero-order chi connectivity index (χ0) is 21.5. The van der Waals surface area contributed by atoms with Gasteiger partial charge in [-0.1, -0.05) is 30.3 Å². The lowest BCUT2D eigenvalue weighted by atomic mass is 10.0. The molecular formula is C19H24O10S. The summed E-state index contributed by atoms with van der Waals surface area (Å²) in [5.41, 5.74) is 0.899. The van der Waals surface area contributed by atoms with Gasteiger partial charge in [-0.2, -0.15) is 8.42 Å². The third-order valence-corrected chi connectivity index (χ3v) is 5.80. The van der Waals surface area contributed by atoms with Crippen molar-refractivity contribution in [3.8, 4) is 0 Å². The molecule has 30 heavy (non-hydrogen) atoms. The monoisotopic (exact) mass is 444 g/mol. The van der Waals surface area contributed by atoms with E-state index in [1.54, 1.807) is 20.8 Å². The molecule has 0 aliphatic carbocycles. The number of benzene rings is 1. The second-order valence-electron chi connectivity index (χ2n) is 7.57. The summed E-state index contributed by atoms with van der Waals surface area (Å²) in [5.74, 6) is -1.78. The smallest absolute Gasteiger partial charge is 0.401 e. The molecule has 4 rings (SSSR count). The maximum Gasteiger partial charge on any atom is 0.401 e. The van der Waals surface area contributed by atoms with Crippen molar-refractivity contribution in [3.05, 3.63) is 35.9 Å². The van der Waals surface area contributed by atoms with E-state index in [2.05, 4.69) is 0 Å². The van der Waals surface area contributed by atoms with Crippen LogP contribution in [0.25, 0.3) is 0 Å². The fraction of sp³-hybridized carbons (Fsp3) is 0.632. The number of hydrogen-bond donors (Lipinski definition) is 0. The van der Waals surface area contributed by atoms with Gasteiger partial charge in [-0.25, -0.2) is 13.2 Å². The number of carbonyl (C=O) groups excluding carboxylic acids is 1. The SMILES string of the molecule is CCOC(=O)[C@H]1OS(=O)(=O)O[C@@H]1[C@H]1O[C@@H]2OC(C)(C)O[C@@H]2[C@H]1OCc1ccccc1. The molecule has 0 radical (unpaired) electrons. The third-order valence-electron chi connectivity index (χ3n) is 4.90.